The van der Waals surface area contributed by atoms with E-state index in [1.54, 1.807) is 18.2 Å². The highest BCUT2D eigenvalue weighted by Gasteiger charge is 2.13. The van der Waals surface area contributed by atoms with Crippen LogP contribution in [0.25, 0.3) is 0 Å². The minimum Gasteiger partial charge on any atom is -0.497 e. The summed E-state index contributed by atoms with van der Waals surface area (Å²) in [5.41, 5.74) is 2.22. The van der Waals surface area contributed by atoms with Crippen molar-refractivity contribution in [3.63, 3.8) is 0 Å². The summed E-state index contributed by atoms with van der Waals surface area (Å²) in [6, 6.07) is 4.76. The third-order valence-electron chi connectivity index (χ3n) is 2.22. The highest BCUT2D eigenvalue weighted by Crippen LogP contribution is 2.24. The number of amides is 2. The highest BCUT2D eigenvalue weighted by molar-refractivity contribution is 5.98. The van der Waals surface area contributed by atoms with Gasteiger partial charge in [0.1, 0.15) is 11.5 Å². The Hall–Kier alpha value is -2.28. The molecule has 1 rings (SSSR count). The molecular weight excluding hydrogens is 238 g/mol. The molecule has 4 N–H and O–H groups in total. The fourth-order valence-electron chi connectivity index (χ4n) is 1.29. The maximum absolute atomic E-state index is 11.8. The first-order valence-corrected chi connectivity index (χ1v) is 5.12. The van der Waals surface area contributed by atoms with E-state index in [0.29, 0.717) is 17.1 Å². The summed E-state index contributed by atoms with van der Waals surface area (Å²) in [6.07, 6.45) is 0. The van der Waals surface area contributed by atoms with Gasteiger partial charge in [-0.1, -0.05) is 0 Å². The Balaban J connectivity index is 2.81. The number of ether oxygens (including phenoxy) is 2. The second-order valence-electron chi connectivity index (χ2n) is 3.32. The third kappa shape index (κ3) is 3.36. The minimum absolute atomic E-state index is 0.204. The summed E-state index contributed by atoms with van der Waals surface area (Å²) < 4.78 is 10.1. The molecule has 0 atom stereocenters. The molecule has 7 heteroatoms. The lowest BCUT2D eigenvalue weighted by atomic mass is 10.1. The number of methoxy groups -OCH3 is 2. The van der Waals surface area contributed by atoms with Crippen molar-refractivity contribution in [1.29, 1.82) is 0 Å². The van der Waals surface area contributed by atoms with Crippen LogP contribution in [-0.4, -0.2) is 32.6 Å². The van der Waals surface area contributed by atoms with Crippen LogP contribution >= 0.6 is 0 Å². The molecule has 2 amide bonds. The molecule has 1 aromatic carbocycles. The molecule has 0 radical (unpaired) electrons. The van der Waals surface area contributed by atoms with Gasteiger partial charge < -0.3 is 14.8 Å². The van der Waals surface area contributed by atoms with Crippen molar-refractivity contribution in [1.82, 2.24) is 10.7 Å². The Morgan fingerprint density at radius 1 is 1.28 bits per heavy atom. The van der Waals surface area contributed by atoms with Gasteiger partial charge in [-0.15, -0.1) is 0 Å². The first-order valence-electron chi connectivity index (χ1n) is 5.12. The molecule has 0 saturated carbocycles. The number of rotatable bonds is 5. The van der Waals surface area contributed by atoms with E-state index in [1.165, 1.54) is 14.2 Å². The van der Waals surface area contributed by atoms with Gasteiger partial charge >= 0.3 is 0 Å². The van der Waals surface area contributed by atoms with E-state index in [1.807, 2.05) is 5.43 Å². The van der Waals surface area contributed by atoms with Crippen LogP contribution < -0.4 is 26.1 Å². The molecule has 1 aromatic rings. The molecule has 0 heterocycles. The maximum Gasteiger partial charge on any atom is 0.255 e. The van der Waals surface area contributed by atoms with Crippen LogP contribution in [-0.2, 0) is 4.79 Å². The highest BCUT2D eigenvalue weighted by atomic mass is 16.5. The summed E-state index contributed by atoms with van der Waals surface area (Å²) in [4.78, 5) is 22.7. The Bertz CT molecular complexity index is 448. The summed E-state index contributed by atoms with van der Waals surface area (Å²) >= 11 is 0. The maximum atomic E-state index is 11.8. The Morgan fingerprint density at radius 3 is 2.56 bits per heavy atom. The molecule has 0 aliphatic heterocycles. The predicted octanol–water partition coefficient (Wildman–Crippen LogP) is -0.576. The molecule has 18 heavy (non-hydrogen) atoms. The minimum atomic E-state index is -0.490. The quantitative estimate of drug-likeness (QED) is 0.370. The Kier molecular flexibility index (Phi) is 4.94. The van der Waals surface area contributed by atoms with Crippen molar-refractivity contribution in [2.45, 2.75) is 0 Å². The van der Waals surface area contributed by atoms with Gasteiger partial charge in [0.15, 0.2) is 0 Å². The van der Waals surface area contributed by atoms with E-state index in [9.17, 15) is 9.59 Å². The van der Waals surface area contributed by atoms with Crippen LogP contribution in [0.5, 0.6) is 11.5 Å². The monoisotopic (exact) mass is 253 g/mol. The van der Waals surface area contributed by atoms with Gasteiger partial charge in [-0.2, -0.15) is 0 Å². The average molecular weight is 253 g/mol. The first kappa shape index (κ1) is 13.8. The standard InChI is InChI=1S/C11H15N3O4/c1-17-7-3-4-8(9(5-7)18-2)11(16)13-6-10(15)14-12/h3-5H,6,12H2,1-2H3,(H,13,16)(H,14,15). The van der Waals surface area contributed by atoms with Crippen molar-refractivity contribution >= 4 is 11.8 Å². The van der Waals surface area contributed by atoms with Crippen LogP contribution in [0.3, 0.4) is 0 Å². The van der Waals surface area contributed by atoms with Gasteiger partial charge in [-0.3, -0.25) is 15.0 Å². The van der Waals surface area contributed by atoms with Crippen LogP contribution in [0, 0.1) is 0 Å². The second kappa shape index (κ2) is 6.45. The number of carbonyl (C=O) groups is 2. The molecule has 0 aromatic heterocycles. The molecular formula is C11H15N3O4. The molecule has 0 bridgehead atoms. The molecule has 0 aliphatic carbocycles. The number of nitrogens with one attached hydrogen (secondary N) is 2. The molecule has 0 spiro atoms. The van der Waals surface area contributed by atoms with Gasteiger partial charge in [0, 0.05) is 6.07 Å². The summed E-state index contributed by atoms with van der Waals surface area (Å²) in [5.74, 6) is 4.91. The molecule has 0 saturated heterocycles. The number of hydrogen-bond acceptors (Lipinski definition) is 5. The predicted molar refractivity (Wildman–Crippen MR) is 64.2 cm³/mol. The lowest BCUT2D eigenvalue weighted by Gasteiger charge is -2.10. The lowest BCUT2D eigenvalue weighted by Crippen LogP contribution is -2.40. The number of carbonyl (C=O) groups excluding carboxylic acids is 2. The van der Waals surface area contributed by atoms with E-state index in [2.05, 4.69) is 5.32 Å². The fraction of sp³-hybridized carbons (Fsp3) is 0.273. The van der Waals surface area contributed by atoms with Gasteiger partial charge in [-0.05, 0) is 12.1 Å². The van der Waals surface area contributed by atoms with Gasteiger partial charge in [0.2, 0.25) is 0 Å². The van der Waals surface area contributed by atoms with Crippen molar-refractivity contribution in [3.05, 3.63) is 23.8 Å². The topological polar surface area (TPSA) is 103 Å². The zero-order chi connectivity index (χ0) is 13.5. The van der Waals surface area contributed by atoms with E-state index < -0.39 is 11.8 Å². The molecule has 0 fully saturated rings. The zero-order valence-electron chi connectivity index (χ0n) is 10.1. The van der Waals surface area contributed by atoms with Crippen LogP contribution in [0.15, 0.2) is 18.2 Å². The van der Waals surface area contributed by atoms with E-state index in [-0.39, 0.29) is 6.54 Å². The average Bonchev–Trinajstić information content (AvgIpc) is 2.43. The van der Waals surface area contributed by atoms with Crippen molar-refractivity contribution in [2.24, 2.45) is 5.84 Å². The van der Waals surface area contributed by atoms with Gasteiger partial charge in [0.05, 0.1) is 26.3 Å². The number of benzene rings is 1. The van der Waals surface area contributed by atoms with E-state index >= 15 is 0 Å². The number of nitrogens with two attached hydrogens (primary N) is 1. The summed E-state index contributed by atoms with van der Waals surface area (Å²) in [5, 5.41) is 2.41. The first-order chi connectivity index (χ1) is 8.62. The van der Waals surface area contributed by atoms with Crippen molar-refractivity contribution < 1.29 is 19.1 Å². The fourth-order valence-corrected chi connectivity index (χ4v) is 1.29. The largest absolute Gasteiger partial charge is 0.497 e. The molecule has 0 aliphatic rings. The number of hydrogen-bond donors (Lipinski definition) is 3. The lowest BCUT2D eigenvalue weighted by molar-refractivity contribution is -0.120. The van der Waals surface area contributed by atoms with Crippen LogP contribution in [0.4, 0.5) is 0 Å². The summed E-state index contributed by atoms with van der Waals surface area (Å²) in [6.45, 7) is -0.204. The third-order valence-corrected chi connectivity index (χ3v) is 2.22. The SMILES string of the molecule is COc1ccc(C(=O)NCC(=O)NN)c(OC)c1. The zero-order valence-corrected chi connectivity index (χ0v) is 10.1. The Labute approximate surface area is 104 Å². The Morgan fingerprint density at radius 2 is 2.00 bits per heavy atom. The molecule has 98 valence electrons. The van der Waals surface area contributed by atoms with E-state index in [4.69, 9.17) is 15.3 Å². The second-order valence-corrected chi connectivity index (χ2v) is 3.32. The summed E-state index contributed by atoms with van der Waals surface area (Å²) in [7, 11) is 2.96. The smallest absolute Gasteiger partial charge is 0.255 e. The van der Waals surface area contributed by atoms with E-state index in [0.717, 1.165) is 0 Å². The molecule has 7 nitrogen and oxygen atoms in total. The van der Waals surface area contributed by atoms with Gasteiger partial charge in [0.25, 0.3) is 11.8 Å². The van der Waals surface area contributed by atoms with Crippen molar-refractivity contribution in [3.8, 4) is 11.5 Å². The molecule has 0 unspecified atom stereocenters. The van der Waals surface area contributed by atoms with Crippen molar-refractivity contribution in [2.75, 3.05) is 20.8 Å². The van der Waals surface area contributed by atoms with Gasteiger partial charge in [-0.25, -0.2) is 5.84 Å². The van der Waals surface area contributed by atoms with Crippen LogP contribution in [0.1, 0.15) is 10.4 Å². The number of hydrazine groups is 1. The normalized spacial score (nSPS) is 9.50. The van der Waals surface area contributed by atoms with Crippen LogP contribution in [0.2, 0.25) is 0 Å².